The molecule has 6 heterocycles. The molecule has 0 saturated carbocycles. The molecule has 11 rings (SSSR count). The van der Waals surface area contributed by atoms with Gasteiger partial charge in [-0.25, -0.2) is 14.1 Å². The molecule has 0 spiro atoms. The van der Waals surface area contributed by atoms with Crippen molar-refractivity contribution in [3.63, 3.8) is 0 Å². The van der Waals surface area contributed by atoms with E-state index < -0.39 is 5.79 Å². The Kier molecular flexibility index (Phi) is 3.00. The molecule has 0 bridgehead atoms. The van der Waals surface area contributed by atoms with Crippen molar-refractivity contribution in [2.75, 3.05) is 0 Å². The second-order valence-electron chi connectivity index (χ2n) is 11.2. The fourth-order valence-corrected chi connectivity index (χ4v) is 7.73. The number of amidine groups is 2. The normalized spacial score (nSPS) is 19.2. The smallest absolute Gasteiger partial charge is 0.240 e. The minimum absolute atomic E-state index is 0.648. The van der Waals surface area contributed by atoms with Gasteiger partial charge in [-0.2, -0.15) is 4.58 Å². The first kappa shape index (κ1) is 19.7. The van der Waals surface area contributed by atoms with Crippen molar-refractivity contribution in [1.29, 1.82) is 0 Å². The molecule has 0 saturated heterocycles. The van der Waals surface area contributed by atoms with Gasteiger partial charge in [0.25, 0.3) is 17.5 Å². The zero-order chi connectivity index (χ0) is 25.9. The number of hydrogen-bond donors (Lipinski definition) is 0. The standard InChI is InChI=1S/C34H19N6/c1-34-38-28-22-12-6-7-13-23(22)29(38)36-32-27-21-11-5-3-9-19(21)15-17-25(27)31(40(32)34)37-33-26-20-10-4-2-8-18(20)14-16-24(26)30(35-28)39(33)34/h2-17H,1H3/q+1/t34-/m0/s1. The maximum atomic E-state index is 5.49. The van der Waals surface area contributed by atoms with E-state index in [1.165, 1.54) is 21.5 Å². The lowest BCUT2D eigenvalue weighted by molar-refractivity contribution is -0.550. The van der Waals surface area contributed by atoms with Crippen molar-refractivity contribution in [3.05, 3.63) is 119 Å². The van der Waals surface area contributed by atoms with Gasteiger partial charge in [0.15, 0.2) is 5.82 Å². The molecule has 40 heavy (non-hydrogen) atoms. The van der Waals surface area contributed by atoms with Crippen LogP contribution in [-0.2, 0) is 5.79 Å². The molecule has 5 aromatic carbocycles. The molecular weight excluding hydrogens is 492 g/mol. The summed E-state index contributed by atoms with van der Waals surface area (Å²) in [6.45, 7) is 2.30. The highest BCUT2D eigenvalue weighted by Gasteiger charge is 2.57. The Balaban J connectivity index is 1.48. The zero-order valence-electron chi connectivity index (χ0n) is 21.4. The number of hydrogen-bond acceptors (Lipinski definition) is 3. The van der Waals surface area contributed by atoms with Crippen LogP contribution in [0.2, 0.25) is 0 Å². The number of rotatable bonds is 0. The third-order valence-corrected chi connectivity index (χ3v) is 9.37. The lowest BCUT2D eigenvalue weighted by atomic mass is 10.0. The minimum atomic E-state index is -0.648. The predicted molar refractivity (Wildman–Crippen MR) is 157 cm³/mol. The largest absolute Gasteiger partial charge is 0.277 e. The highest BCUT2D eigenvalue weighted by atomic mass is 15.6. The summed E-state index contributed by atoms with van der Waals surface area (Å²) in [4.78, 5) is 16.3. The van der Waals surface area contributed by atoms with Crippen molar-refractivity contribution < 1.29 is 4.58 Å². The third-order valence-electron chi connectivity index (χ3n) is 9.37. The van der Waals surface area contributed by atoms with Gasteiger partial charge in [-0.3, -0.25) is 0 Å². The van der Waals surface area contributed by atoms with E-state index in [1.807, 2.05) is 0 Å². The molecule has 0 fully saturated rings. The van der Waals surface area contributed by atoms with Gasteiger partial charge in [0.1, 0.15) is 5.49 Å². The molecule has 0 amide bonds. The summed E-state index contributed by atoms with van der Waals surface area (Å²) in [5, 5.41) is 9.36. The summed E-state index contributed by atoms with van der Waals surface area (Å²) in [5.41, 5.74) is 4.14. The van der Waals surface area contributed by atoms with Crippen molar-refractivity contribution in [3.8, 4) is 0 Å². The molecule has 6 nitrogen and oxygen atoms in total. The first-order valence-electron chi connectivity index (χ1n) is 13.7. The Morgan fingerprint density at radius 3 is 2.02 bits per heavy atom. The van der Waals surface area contributed by atoms with Crippen LogP contribution < -0.4 is 11.0 Å². The molecule has 0 unspecified atom stereocenters. The number of aliphatic imine (C=N–C) groups is 1. The van der Waals surface area contributed by atoms with Gasteiger partial charge in [-0.15, -0.1) is 0 Å². The van der Waals surface area contributed by atoms with Gasteiger partial charge in [-0.1, -0.05) is 82.8 Å². The Morgan fingerprint density at radius 2 is 1.23 bits per heavy atom. The van der Waals surface area contributed by atoms with Crippen LogP contribution in [-0.4, -0.2) is 25.4 Å². The van der Waals surface area contributed by atoms with Crippen LogP contribution in [0, 0.1) is 0 Å². The average molecular weight is 512 g/mol. The van der Waals surface area contributed by atoms with Crippen LogP contribution in [0.25, 0.3) is 43.1 Å². The lowest BCUT2D eigenvalue weighted by Crippen LogP contribution is -2.62. The molecule has 7 aromatic rings. The van der Waals surface area contributed by atoms with E-state index in [0.717, 1.165) is 67.0 Å². The van der Waals surface area contributed by atoms with Crippen LogP contribution >= 0.6 is 0 Å². The van der Waals surface area contributed by atoms with Gasteiger partial charge in [-0.05, 0) is 45.8 Å². The van der Waals surface area contributed by atoms with Crippen molar-refractivity contribution in [2.24, 2.45) is 15.0 Å². The van der Waals surface area contributed by atoms with Gasteiger partial charge in [0.2, 0.25) is 11.3 Å². The number of benzene rings is 5. The first-order chi connectivity index (χ1) is 19.7. The Labute approximate surface area is 226 Å². The molecule has 4 aliphatic rings. The van der Waals surface area contributed by atoms with Crippen LogP contribution in [0.1, 0.15) is 18.1 Å². The van der Waals surface area contributed by atoms with E-state index in [2.05, 4.69) is 118 Å². The van der Waals surface area contributed by atoms with Gasteiger partial charge >= 0.3 is 0 Å². The van der Waals surface area contributed by atoms with Crippen molar-refractivity contribution >= 4 is 66.4 Å². The van der Waals surface area contributed by atoms with Gasteiger partial charge in [0.05, 0.1) is 16.5 Å². The molecule has 184 valence electrons. The quantitative estimate of drug-likeness (QED) is 0.230. The first-order valence-corrected chi connectivity index (χ1v) is 13.7. The summed E-state index contributed by atoms with van der Waals surface area (Å²) in [5.74, 6) is 3.15. The topological polar surface area (TPSA) is 49.9 Å². The molecule has 1 atom stereocenters. The van der Waals surface area contributed by atoms with Gasteiger partial charge < -0.3 is 0 Å². The highest BCUT2D eigenvalue weighted by molar-refractivity contribution is 6.20. The summed E-state index contributed by atoms with van der Waals surface area (Å²) in [6.07, 6.45) is 0. The second-order valence-corrected chi connectivity index (χ2v) is 11.2. The Hall–Kier alpha value is -5.36. The Bertz CT molecular complexity index is 2610. The molecule has 4 aliphatic heterocycles. The van der Waals surface area contributed by atoms with E-state index in [4.69, 9.17) is 15.0 Å². The summed E-state index contributed by atoms with van der Waals surface area (Å²) >= 11 is 0. The average Bonchev–Trinajstić information content (AvgIpc) is 3.63. The van der Waals surface area contributed by atoms with E-state index in [-0.39, 0.29) is 0 Å². The zero-order valence-corrected chi connectivity index (χ0v) is 21.4. The molecule has 0 N–H and O–H groups in total. The highest BCUT2D eigenvalue weighted by Crippen LogP contribution is 2.50. The van der Waals surface area contributed by atoms with E-state index >= 15 is 0 Å². The molecular formula is C34H19N6+. The molecule has 0 radical (unpaired) electrons. The predicted octanol–water partition coefficient (Wildman–Crippen LogP) is 5.84. The maximum Gasteiger partial charge on any atom is 0.277 e. The lowest BCUT2D eigenvalue weighted by Gasteiger charge is -2.38. The second kappa shape index (κ2) is 6.10. The van der Waals surface area contributed by atoms with Crippen molar-refractivity contribution in [2.45, 2.75) is 12.7 Å². The van der Waals surface area contributed by atoms with E-state index in [9.17, 15) is 0 Å². The summed E-state index contributed by atoms with van der Waals surface area (Å²) in [7, 11) is 0. The fourth-order valence-electron chi connectivity index (χ4n) is 7.73. The number of fused-ring (bicyclic) bond motifs is 13. The molecule has 2 aromatic heterocycles. The van der Waals surface area contributed by atoms with E-state index in [1.54, 1.807) is 0 Å². The fraction of sp³-hybridized carbons (Fsp3) is 0.0588. The van der Waals surface area contributed by atoms with Crippen LogP contribution in [0.5, 0.6) is 0 Å². The monoisotopic (exact) mass is 511 g/mol. The maximum absolute atomic E-state index is 5.49. The number of nitrogens with zero attached hydrogens (tertiary/aromatic N) is 6. The SMILES string of the molecule is C[C@]12n3c4c5ccc6ccccc6c5c3N=c3c5ccc6ccccc6c5c(n31)=NC1=[N+]2C(=N4)c2ccccc21. The van der Waals surface area contributed by atoms with Crippen LogP contribution in [0.15, 0.2) is 112 Å². The van der Waals surface area contributed by atoms with Crippen molar-refractivity contribution in [1.82, 2.24) is 9.13 Å². The summed E-state index contributed by atoms with van der Waals surface area (Å²) < 4.78 is 7.04. The minimum Gasteiger partial charge on any atom is -0.240 e. The third kappa shape index (κ3) is 1.89. The van der Waals surface area contributed by atoms with Crippen LogP contribution in [0.4, 0.5) is 11.6 Å². The Morgan fingerprint density at radius 1 is 0.550 bits per heavy atom. The van der Waals surface area contributed by atoms with Gasteiger partial charge in [0, 0.05) is 23.1 Å². The molecule has 0 aliphatic carbocycles. The number of aromatic nitrogens is 2. The summed E-state index contributed by atoms with van der Waals surface area (Å²) in [6, 6.07) is 34.6. The molecule has 6 heteroatoms. The van der Waals surface area contributed by atoms with Crippen LogP contribution in [0.3, 0.4) is 0 Å². The van der Waals surface area contributed by atoms with E-state index in [0.29, 0.717) is 0 Å².